The first kappa shape index (κ1) is 21.8. The Morgan fingerprint density at radius 1 is 1.19 bits per heavy atom. The van der Waals surface area contributed by atoms with Crippen LogP contribution in [0.5, 0.6) is 5.75 Å². The molecule has 0 bridgehead atoms. The maximum Gasteiger partial charge on any atom is 0.417 e. The molecular formula is C21H24F4N4O2. The molecule has 1 fully saturated rings. The van der Waals surface area contributed by atoms with E-state index < -0.39 is 17.9 Å². The van der Waals surface area contributed by atoms with E-state index in [-0.39, 0.29) is 29.7 Å². The maximum absolute atomic E-state index is 14.0. The number of aromatic nitrogens is 2. The average Bonchev–Trinajstić information content (AvgIpc) is 2.72. The maximum atomic E-state index is 14.0. The molecule has 0 unspecified atom stereocenters. The highest BCUT2D eigenvalue weighted by Crippen LogP contribution is 2.41. The van der Waals surface area contributed by atoms with E-state index in [1.807, 2.05) is 11.9 Å². The predicted molar refractivity (Wildman–Crippen MR) is 107 cm³/mol. The first-order valence-corrected chi connectivity index (χ1v) is 10.1. The summed E-state index contributed by atoms with van der Waals surface area (Å²) in [6.45, 7) is 1.60. The van der Waals surface area contributed by atoms with Crippen molar-refractivity contribution in [3.8, 4) is 17.0 Å². The molecule has 4 rings (SSSR count). The SMILES string of the molecule is COc1ccc(-c2nnc(N[C@@H]3C[C@@H](F)CN(C)C3)c3c2CCOC3)c(C(F)(F)F)c1. The Morgan fingerprint density at radius 2 is 2.00 bits per heavy atom. The number of likely N-dealkylation sites (N-methyl/N-ethyl adjacent to an activating group) is 1. The second-order valence-electron chi connectivity index (χ2n) is 7.96. The Morgan fingerprint density at radius 3 is 2.71 bits per heavy atom. The fraction of sp³-hybridized carbons (Fsp3) is 0.524. The molecule has 2 aliphatic rings. The summed E-state index contributed by atoms with van der Waals surface area (Å²) in [6.07, 6.45) is -4.79. The number of nitrogens with zero attached hydrogens (tertiary/aromatic N) is 3. The van der Waals surface area contributed by atoms with Gasteiger partial charge in [-0.3, -0.25) is 0 Å². The number of benzene rings is 1. The number of fused-ring (bicyclic) bond motifs is 1. The minimum atomic E-state index is -4.58. The van der Waals surface area contributed by atoms with Gasteiger partial charge >= 0.3 is 6.18 Å². The van der Waals surface area contributed by atoms with Crippen molar-refractivity contribution < 1.29 is 27.0 Å². The molecule has 0 aliphatic carbocycles. The van der Waals surface area contributed by atoms with Gasteiger partial charge in [0.15, 0.2) is 5.82 Å². The van der Waals surface area contributed by atoms with Crippen molar-refractivity contribution in [2.75, 3.05) is 39.2 Å². The van der Waals surface area contributed by atoms with Gasteiger partial charge in [0.1, 0.15) is 11.9 Å². The first-order chi connectivity index (χ1) is 14.8. The summed E-state index contributed by atoms with van der Waals surface area (Å²) < 4.78 is 65.8. The number of likely N-dealkylation sites (tertiary alicyclic amines) is 1. The number of ether oxygens (including phenoxy) is 2. The number of nitrogens with one attached hydrogen (secondary N) is 1. The number of hydrogen-bond donors (Lipinski definition) is 1. The van der Waals surface area contributed by atoms with Crippen molar-refractivity contribution in [1.82, 2.24) is 15.1 Å². The lowest BCUT2D eigenvalue weighted by molar-refractivity contribution is -0.137. The standard InChI is InChI=1S/C21H24F4N4O2/c1-29-9-12(22)7-13(10-29)26-20-17-11-31-6-5-15(17)19(27-28-20)16-4-3-14(30-2)8-18(16)21(23,24)25/h3-4,8,12-13H,5-7,9-11H2,1-2H3,(H,26,28)/t12-,13-/m1/s1. The fourth-order valence-corrected chi connectivity index (χ4v) is 4.25. The molecule has 0 radical (unpaired) electrons. The van der Waals surface area contributed by atoms with E-state index in [0.717, 1.165) is 6.07 Å². The highest BCUT2D eigenvalue weighted by atomic mass is 19.4. The number of methoxy groups -OCH3 is 1. The molecule has 2 aromatic rings. The summed E-state index contributed by atoms with van der Waals surface area (Å²) in [4.78, 5) is 1.89. The van der Waals surface area contributed by atoms with E-state index in [4.69, 9.17) is 9.47 Å². The first-order valence-electron chi connectivity index (χ1n) is 10.1. The number of hydrogen-bond acceptors (Lipinski definition) is 6. The van der Waals surface area contributed by atoms with Crippen molar-refractivity contribution in [2.24, 2.45) is 0 Å². The highest BCUT2D eigenvalue weighted by molar-refractivity contribution is 5.72. The van der Waals surface area contributed by atoms with Gasteiger partial charge in [-0.2, -0.15) is 13.2 Å². The molecule has 2 aliphatic heterocycles. The zero-order chi connectivity index (χ0) is 22.2. The summed E-state index contributed by atoms with van der Waals surface area (Å²) in [5.41, 5.74) is 0.642. The van der Waals surface area contributed by atoms with E-state index in [1.54, 1.807) is 0 Å². The van der Waals surface area contributed by atoms with Crippen LogP contribution in [0.4, 0.5) is 23.4 Å². The van der Waals surface area contributed by atoms with Gasteiger partial charge < -0.3 is 19.7 Å². The van der Waals surface area contributed by atoms with Crippen LogP contribution in [0.1, 0.15) is 23.1 Å². The molecule has 1 aromatic carbocycles. The van der Waals surface area contributed by atoms with Crippen molar-refractivity contribution in [3.05, 3.63) is 34.9 Å². The van der Waals surface area contributed by atoms with Gasteiger partial charge in [-0.15, -0.1) is 10.2 Å². The smallest absolute Gasteiger partial charge is 0.417 e. The monoisotopic (exact) mass is 440 g/mol. The Hall–Kier alpha value is -2.46. The van der Waals surface area contributed by atoms with Crippen LogP contribution in [-0.4, -0.2) is 61.2 Å². The van der Waals surface area contributed by atoms with Gasteiger partial charge in [-0.1, -0.05) is 0 Å². The normalized spacial score (nSPS) is 22.1. The molecule has 0 spiro atoms. The van der Waals surface area contributed by atoms with Crippen molar-refractivity contribution in [2.45, 2.75) is 37.8 Å². The molecule has 2 atom stereocenters. The summed E-state index contributed by atoms with van der Waals surface area (Å²) >= 11 is 0. The molecule has 0 amide bonds. The molecule has 31 heavy (non-hydrogen) atoms. The van der Waals surface area contributed by atoms with Crippen LogP contribution in [0.3, 0.4) is 0 Å². The molecule has 1 N–H and O–H groups in total. The summed E-state index contributed by atoms with van der Waals surface area (Å²) in [7, 11) is 3.16. The Balaban J connectivity index is 1.75. The molecule has 1 saturated heterocycles. The number of alkyl halides is 4. The van der Waals surface area contributed by atoms with E-state index >= 15 is 0 Å². The number of anilines is 1. The fourth-order valence-electron chi connectivity index (χ4n) is 4.25. The molecule has 0 saturated carbocycles. The molecule has 6 nitrogen and oxygen atoms in total. The van der Waals surface area contributed by atoms with Crippen LogP contribution >= 0.6 is 0 Å². The zero-order valence-electron chi connectivity index (χ0n) is 17.3. The topological polar surface area (TPSA) is 59.5 Å². The lowest BCUT2D eigenvalue weighted by Crippen LogP contribution is -2.45. The van der Waals surface area contributed by atoms with Crippen LogP contribution in [0, 0.1) is 0 Å². The van der Waals surface area contributed by atoms with E-state index in [9.17, 15) is 17.6 Å². The third-order valence-corrected chi connectivity index (χ3v) is 5.64. The number of rotatable bonds is 4. The van der Waals surface area contributed by atoms with Gasteiger partial charge in [0.25, 0.3) is 0 Å². The molecule has 1 aromatic heterocycles. The van der Waals surface area contributed by atoms with Crippen LogP contribution in [0.15, 0.2) is 18.2 Å². The lowest BCUT2D eigenvalue weighted by atomic mass is 9.94. The van der Waals surface area contributed by atoms with Crippen LogP contribution in [0.2, 0.25) is 0 Å². The van der Waals surface area contributed by atoms with Crippen molar-refractivity contribution in [1.29, 1.82) is 0 Å². The van der Waals surface area contributed by atoms with E-state index in [2.05, 4.69) is 15.5 Å². The molecule has 3 heterocycles. The van der Waals surface area contributed by atoms with E-state index in [1.165, 1.54) is 19.2 Å². The van der Waals surface area contributed by atoms with Crippen molar-refractivity contribution >= 4 is 5.82 Å². The average molecular weight is 440 g/mol. The summed E-state index contributed by atoms with van der Waals surface area (Å²) in [5, 5.41) is 11.6. The van der Waals surface area contributed by atoms with Crippen LogP contribution in [-0.2, 0) is 23.9 Å². The van der Waals surface area contributed by atoms with Gasteiger partial charge in [0.2, 0.25) is 0 Å². The summed E-state index contributed by atoms with van der Waals surface area (Å²) in [5.74, 6) is 0.551. The minimum absolute atomic E-state index is 0.0493. The Labute approximate surface area is 177 Å². The second-order valence-corrected chi connectivity index (χ2v) is 7.96. The van der Waals surface area contributed by atoms with Crippen molar-refractivity contribution in [3.63, 3.8) is 0 Å². The Kier molecular flexibility index (Phi) is 6.02. The van der Waals surface area contributed by atoms with Gasteiger partial charge in [0.05, 0.1) is 31.6 Å². The molecule has 168 valence electrons. The quantitative estimate of drug-likeness (QED) is 0.732. The highest BCUT2D eigenvalue weighted by Gasteiger charge is 2.36. The van der Waals surface area contributed by atoms with E-state index in [0.29, 0.717) is 49.5 Å². The van der Waals surface area contributed by atoms with Gasteiger partial charge in [-0.05, 0) is 37.2 Å². The largest absolute Gasteiger partial charge is 0.497 e. The molecule has 10 heteroatoms. The van der Waals surface area contributed by atoms with Crippen LogP contribution in [0.25, 0.3) is 11.3 Å². The molecular weight excluding hydrogens is 416 g/mol. The lowest BCUT2D eigenvalue weighted by Gasteiger charge is -2.33. The van der Waals surface area contributed by atoms with Crippen LogP contribution < -0.4 is 10.1 Å². The number of piperidine rings is 1. The second kappa shape index (κ2) is 8.58. The van der Waals surface area contributed by atoms with Gasteiger partial charge in [-0.25, -0.2) is 4.39 Å². The third-order valence-electron chi connectivity index (χ3n) is 5.64. The predicted octanol–water partition coefficient (Wildman–Crippen LogP) is 3.70. The third kappa shape index (κ3) is 4.59. The van der Waals surface area contributed by atoms with Gasteiger partial charge in [0, 0.05) is 36.7 Å². The Bertz CT molecular complexity index is 944. The zero-order valence-corrected chi connectivity index (χ0v) is 17.3. The minimum Gasteiger partial charge on any atom is -0.497 e. The number of halogens is 4. The summed E-state index contributed by atoms with van der Waals surface area (Å²) in [6, 6.07) is 3.63.